The molecule has 3 fully saturated rings. The second-order valence-electron chi connectivity index (χ2n) is 10.7. The summed E-state index contributed by atoms with van der Waals surface area (Å²) in [5.74, 6) is -0.0155. The van der Waals surface area contributed by atoms with Gasteiger partial charge < -0.3 is 14.9 Å². The van der Waals surface area contributed by atoms with Crippen LogP contribution in [0.4, 0.5) is 5.69 Å². The number of nitrogens with zero attached hydrogens (tertiary/aromatic N) is 6. The molecule has 1 aliphatic carbocycles. The summed E-state index contributed by atoms with van der Waals surface area (Å²) in [5.41, 5.74) is 3.62. The fourth-order valence-corrected chi connectivity index (χ4v) is 5.97. The number of hydrogen-bond donors (Lipinski definition) is 1. The standard InChI is InChI=1S/C28H34N6O3/c35-19-32-15-13-31(14-16-32)18-20-9-11-33(12-10-20)24-17-23(28(36)37)29-27-25(24)26(21-5-4-6-21)30-34(27)22-7-2-1-3-8-22/h1-3,7-8,17,19-21H,4-6,9-16,18H2,(H,36,37). The zero-order chi connectivity index (χ0) is 25.4. The molecule has 9 heteroatoms. The number of piperidine rings is 1. The van der Waals surface area contributed by atoms with Crippen molar-refractivity contribution in [1.29, 1.82) is 0 Å². The van der Waals surface area contributed by atoms with Crippen LogP contribution in [0.15, 0.2) is 36.4 Å². The molecule has 2 saturated heterocycles. The Labute approximate surface area is 216 Å². The summed E-state index contributed by atoms with van der Waals surface area (Å²) in [6.07, 6.45) is 6.50. The van der Waals surface area contributed by atoms with Gasteiger partial charge in [-0.2, -0.15) is 5.10 Å². The number of hydrogen-bond acceptors (Lipinski definition) is 6. The molecule has 0 spiro atoms. The van der Waals surface area contributed by atoms with Gasteiger partial charge in [0.1, 0.15) is 0 Å². The van der Waals surface area contributed by atoms with Crippen molar-refractivity contribution in [2.24, 2.45) is 5.92 Å². The van der Waals surface area contributed by atoms with Gasteiger partial charge >= 0.3 is 5.97 Å². The Hall–Kier alpha value is -3.46. The van der Waals surface area contributed by atoms with Crippen molar-refractivity contribution < 1.29 is 14.7 Å². The van der Waals surface area contributed by atoms with E-state index < -0.39 is 5.97 Å². The normalized spacial score (nSPS) is 19.8. The first-order valence-electron chi connectivity index (χ1n) is 13.5. The third-order valence-corrected chi connectivity index (χ3v) is 8.38. The van der Waals surface area contributed by atoms with E-state index in [-0.39, 0.29) is 5.69 Å². The Balaban J connectivity index is 1.30. The quantitative estimate of drug-likeness (QED) is 0.495. The number of fused-ring (bicyclic) bond motifs is 1. The maximum absolute atomic E-state index is 12.1. The first-order chi connectivity index (χ1) is 18.1. The zero-order valence-corrected chi connectivity index (χ0v) is 21.1. The average Bonchev–Trinajstić information content (AvgIpc) is 3.27. The van der Waals surface area contributed by atoms with Crippen LogP contribution in [0.3, 0.4) is 0 Å². The van der Waals surface area contributed by atoms with Gasteiger partial charge in [0.2, 0.25) is 6.41 Å². The summed E-state index contributed by atoms with van der Waals surface area (Å²) in [4.78, 5) is 34.4. The fraction of sp³-hybridized carbons (Fsp3) is 0.500. The lowest BCUT2D eigenvalue weighted by Gasteiger charge is -2.39. The van der Waals surface area contributed by atoms with Gasteiger partial charge in [0, 0.05) is 51.7 Å². The second-order valence-corrected chi connectivity index (χ2v) is 10.7. The number of aromatic nitrogens is 3. The van der Waals surface area contributed by atoms with Gasteiger partial charge in [-0.3, -0.25) is 9.69 Å². The number of carboxylic acids is 1. The first kappa shape index (κ1) is 23.9. The minimum absolute atomic E-state index is 0.0647. The van der Waals surface area contributed by atoms with Gasteiger partial charge in [-0.25, -0.2) is 14.5 Å². The number of piperazine rings is 1. The van der Waals surface area contributed by atoms with Gasteiger partial charge in [0.05, 0.1) is 22.5 Å². The smallest absolute Gasteiger partial charge is 0.354 e. The highest BCUT2D eigenvalue weighted by Crippen LogP contribution is 2.43. The molecule has 37 heavy (non-hydrogen) atoms. The Morgan fingerprint density at radius 2 is 1.73 bits per heavy atom. The molecule has 6 rings (SSSR count). The van der Waals surface area contributed by atoms with Crippen LogP contribution in [-0.4, -0.2) is 87.9 Å². The van der Waals surface area contributed by atoms with Crippen molar-refractivity contribution in [3.63, 3.8) is 0 Å². The number of para-hydroxylation sites is 1. The highest BCUT2D eigenvalue weighted by atomic mass is 16.4. The van der Waals surface area contributed by atoms with Crippen LogP contribution in [0.1, 0.15) is 54.2 Å². The number of pyridine rings is 1. The third-order valence-electron chi connectivity index (χ3n) is 8.38. The van der Waals surface area contributed by atoms with Crippen LogP contribution < -0.4 is 4.90 Å². The Kier molecular flexibility index (Phi) is 6.54. The molecule has 1 N–H and O–H groups in total. The largest absolute Gasteiger partial charge is 0.477 e. The Bertz CT molecular complexity index is 1270. The van der Waals surface area contributed by atoms with Gasteiger partial charge in [-0.05, 0) is 49.8 Å². The summed E-state index contributed by atoms with van der Waals surface area (Å²) in [5, 5.41) is 16.0. The van der Waals surface area contributed by atoms with E-state index in [0.717, 1.165) is 100 Å². The minimum atomic E-state index is -1.02. The molecule has 0 atom stereocenters. The number of carbonyl (C=O) groups excluding carboxylic acids is 1. The van der Waals surface area contributed by atoms with Crippen molar-refractivity contribution in [1.82, 2.24) is 24.6 Å². The van der Waals surface area contributed by atoms with Gasteiger partial charge in [-0.15, -0.1) is 0 Å². The van der Waals surface area contributed by atoms with Crippen LogP contribution in [0, 0.1) is 5.92 Å². The predicted octanol–water partition coefficient (Wildman–Crippen LogP) is 3.38. The van der Waals surface area contributed by atoms with Crippen molar-refractivity contribution in [3.05, 3.63) is 47.8 Å². The average molecular weight is 503 g/mol. The molecule has 1 aromatic carbocycles. The van der Waals surface area contributed by atoms with Crippen LogP contribution >= 0.6 is 0 Å². The van der Waals surface area contributed by atoms with Crippen LogP contribution in [0.5, 0.6) is 0 Å². The Morgan fingerprint density at radius 3 is 2.35 bits per heavy atom. The molecule has 0 radical (unpaired) electrons. The van der Waals surface area contributed by atoms with Crippen LogP contribution in [0.25, 0.3) is 16.7 Å². The first-order valence-corrected chi connectivity index (χ1v) is 13.5. The third kappa shape index (κ3) is 4.68. The molecule has 9 nitrogen and oxygen atoms in total. The number of amides is 1. The van der Waals surface area contributed by atoms with E-state index in [2.05, 4.69) is 14.8 Å². The highest BCUT2D eigenvalue weighted by Gasteiger charge is 2.32. The number of anilines is 1. The molecule has 0 bridgehead atoms. The molecule has 3 aromatic rings. The maximum atomic E-state index is 12.1. The number of benzene rings is 1. The zero-order valence-electron chi connectivity index (χ0n) is 21.1. The van der Waals surface area contributed by atoms with E-state index in [1.165, 1.54) is 6.42 Å². The molecule has 2 aliphatic heterocycles. The molecule has 1 amide bonds. The van der Waals surface area contributed by atoms with E-state index in [0.29, 0.717) is 17.5 Å². The van der Waals surface area contributed by atoms with E-state index in [1.807, 2.05) is 39.9 Å². The number of aromatic carboxylic acids is 1. The monoisotopic (exact) mass is 502 g/mol. The van der Waals surface area contributed by atoms with E-state index in [1.54, 1.807) is 6.07 Å². The topological polar surface area (TPSA) is 94.8 Å². The maximum Gasteiger partial charge on any atom is 0.354 e. The lowest BCUT2D eigenvalue weighted by atomic mass is 9.81. The molecule has 3 aliphatic rings. The second kappa shape index (κ2) is 10.1. The Morgan fingerprint density at radius 1 is 1.00 bits per heavy atom. The SMILES string of the molecule is O=CN1CCN(CC2CCN(c3cc(C(=O)O)nc4c3c(C3CCC3)nn4-c3ccccc3)CC2)CC1. The number of carbonyl (C=O) groups is 2. The van der Waals surface area contributed by atoms with Gasteiger partial charge in [0.15, 0.2) is 11.3 Å². The number of carboxylic acid groups (broad SMARTS) is 1. The summed E-state index contributed by atoms with van der Waals surface area (Å²) >= 11 is 0. The van der Waals surface area contributed by atoms with Gasteiger partial charge in [-0.1, -0.05) is 24.6 Å². The summed E-state index contributed by atoms with van der Waals surface area (Å²) in [7, 11) is 0. The van der Waals surface area contributed by atoms with Gasteiger partial charge in [0.25, 0.3) is 0 Å². The molecule has 4 heterocycles. The summed E-state index contributed by atoms with van der Waals surface area (Å²) in [6, 6.07) is 11.7. The molecule has 2 aromatic heterocycles. The van der Waals surface area contributed by atoms with Crippen molar-refractivity contribution in [2.75, 3.05) is 50.7 Å². The predicted molar refractivity (Wildman–Crippen MR) is 141 cm³/mol. The van der Waals surface area contributed by atoms with Crippen LogP contribution in [-0.2, 0) is 4.79 Å². The number of rotatable bonds is 7. The summed E-state index contributed by atoms with van der Waals surface area (Å²) in [6.45, 7) is 6.33. The van der Waals surface area contributed by atoms with E-state index >= 15 is 0 Å². The van der Waals surface area contributed by atoms with Crippen LogP contribution in [0.2, 0.25) is 0 Å². The minimum Gasteiger partial charge on any atom is -0.477 e. The van der Waals surface area contributed by atoms with E-state index in [4.69, 9.17) is 5.10 Å². The van der Waals surface area contributed by atoms with Crippen molar-refractivity contribution >= 4 is 29.1 Å². The summed E-state index contributed by atoms with van der Waals surface area (Å²) < 4.78 is 1.84. The molecule has 0 unspecified atom stereocenters. The highest BCUT2D eigenvalue weighted by molar-refractivity contribution is 5.98. The molecule has 1 saturated carbocycles. The molecular weight excluding hydrogens is 468 g/mol. The molecule has 194 valence electrons. The van der Waals surface area contributed by atoms with Crippen molar-refractivity contribution in [3.8, 4) is 5.69 Å². The lowest BCUT2D eigenvalue weighted by Crippen LogP contribution is -2.48. The molecular formula is C28H34N6O3. The van der Waals surface area contributed by atoms with E-state index in [9.17, 15) is 14.7 Å². The lowest BCUT2D eigenvalue weighted by molar-refractivity contribution is -0.119. The van der Waals surface area contributed by atoms with Crippen molar-refractivity contribution in [2.45, 2.75) is 38.0 Å². The fourth-order valence-electron chi connectivity index (χ4n) is 5.97.